The zero-order valence-corrected chi connectivity index (χ0v) is 13.8. The first kappa shape index (κ1) is 17.8. The van der Waals surface area contributed by atoms with Crippen molar-refractivity contribution in [1.82, 2.24) is 0 Å². The molecule has 0 fully saturated rings. The Morgan fingerprint density at radius 3 is 2.20 bits per heavy atom. The van der Waals surface area contributed by atoms with Crippen LogP contribution in [-0.2, 0) is 9.53 Å². The van der Waals surface area contributed by atoms with Crippen LogP contribution in [-0.4, -0.2) is 26.1 Å². The summed E-state index contributed by atoms with van der Waals surface area (Å²) < 4.78 is 9.67. The molecule has 6 heteroatoms. The summed E-state index contributed by atoms with van der Waals surface area (Å²) in [5, 5.41) is 11.8. The first-order valence-corrected chi connectivity index (χ1v) is 7.33. The Balaban J connectivity index is 2.12. The highest BCUT2D eigenvalue weighted by molar-refractivity contribution is 6.09. The molecule has 0 heterocycles. The summed E-state index contributed by atoms with van der Waals surface area (Å²) in [7, 11) is 2.85. The molecule has 2 aromatic rings. The minimum absolute atomic E-state index is 0.0396. The van der Waals surface area contributed by atoms with Gasteiger partial charge in [0.2, 0.25) is 0 Å². The number of hydrogen-bond donors (Lipinski definition) is 1. The molecule has 6 nitrogen and oxygen atoms in total. The predicted molar refractivity (Wildman–Crippen MR) is 93.0 cm³/mol. The van der Waals surface area contributed by atoms with Crippen LogP contribution in [0.5, 0.6) is 5.75 Å². The van der Waals surface area contributed by atoms with Crippen molar-refractivity contribution in [3.63, 3.8) is 0 Å². The summed E-state index contributed by atoms with van der Waals surface area (Å²) in [4.78, 5) is 23.6. The van der Waals surface area contributed by atoms with Crippen molar-refractivity contribution >= 4 is 23.6 Å². The van der Waals surface area contributed by atoms with Crippen LogP contribution in [0.15, 0.2) is 54.1 Å². The SMILES string of the molecule is COC(=O)c1ccc(NC(=O)/C(C#N)=C/c2ccc(OC)cc2)cc1. The van der Waals surface area contributed by atoms with Crippen molar-refractivity contribution in [3.05, 3.63) is 65.2 Å². The fourth-order valence-corrected chi connectivity index (χ4v) is 2.02. The number of amides is 1. The van der Waals surface area contributed by atoms with Crippen molar-refractivity contribution in [3.8, 4) is 11.8 Å². The number of carbonyl (C=O) groups is 2. The third-order valence-electron chi connectivity index (χ3n) is 3.36. The standard InChI is InChI=1S/C19H16N2O4/c1-24-17-9-3-13(4-10-17)11-15(12-20)18(22)21-16-7-5-14(6-8-16)19(23)25-2/h3-11H,1-2H3,(H,21,22)/b15-11+. The second-order valence-electron chi connectivity index (χ2n) is 4.97. The highest BCUT2D eigenvalue weighted by Gasteiger charge is 2.10. The van der Waals surface area contributed by atoms with Crippen LogP contribution in [0.4, 0.5) is 5.69 Å². The third-order valence-corrected chi connectivity index (χ3v) is 3.36. The lowest BCUT2D eigenvalue weighted by atomic mass is 10.1. The van der Waals surface area contributed by atoms with Gasteiger partial charge in [-0.3, -0.25) is 4.79 Å². The Morgan fingerprint density at radius 2 is 1.68 bits per heavy atom. The largest absolute Gasteiger partial charge is 0.497 e. The van der Waals surface area contributed by atoms with E-state index in [9.17, 15) is 14.9 Å². The maximum absolute atomic E-state index is 12.2. The molecule has 2 aromatic carbocycles. The van der Waals surface area contributed by atoms with Gasteiger partial charge in [-0.05, 0) is 48.0 Å². The lowest BCUT2D eigenvalue weighted by Crippen LogP contribution is -2.13. The van der Waals surface area contributed by atoms with Crippen molar-refractivity contribution in [2.24, 2.45) is 0 Å². The van der Waals surface area contributed by atoms with E-state index in [0.717, 1.165) is 0 Å². The number of nitrogens with zero attached hydrogens (tertiary/aromatic N) is 1. The molecule has 2 rings (SSSR count). The van der Waals surface area contributed by atoms with Crippen LogP contribution >= 0.6 is 0 Å². The summed E-state index contributed by atoms with van der Waals surface area (Å²) in [6.07, 6.45) is 1.48. The Morgan fingerprint density at radius 1 is 1.04 bits per heavy atom. The van der Waals surface area contributed by atoms with E-state index >= 15 is 0 Å². The fourth-order valence-electron chi connectivity index (χ4n) is 2.02. The molecule has 0 saturated heterocycles. The van der Waals surface area contributed by atoms with Crippen molar-refractivity contribution < 1.29 is 19.1 Å². The topological polar surface area (TPSA) is 88.4 Å². The highest BCUT2D eigenvalue weighted by atomic mass is 16.5. The summed E-state index contributed by atoms with van der Waals surface area (Å²) in [5.74, 6) is -0.315. The van der Waals surface area contributed by atoms with E-state index in [0.29, 0.717) is 22.6 Å². The van der Waals surface area contributed by atoms with Crippen LogP contribution in [0.3, 0.4) is 0 Å². The molecule has 126 valence electrons. The molecule has 0 aliphatic rings. The highest BCUT2D eigenvalue weighted by Crippen LogP contribution is 2.16. The fraction of sp³-hybridized carbons (Fsp3) is 0.105. The van der Waals surface area contributed by atoms with Crippen molar-refractivity contribution in [2.45, 2.75) is 0 Å². The molecular weight excluding hydrogens is 320 g/mol. The number of benzene rings is 2. The molecule has 0 saturated carbocycles. The second kappa shape index (κ2) is 8.31. The Kier molecular flexibility index (Phi) is 5.91. The average molecular weight is 336 g/mol. The van der Waals surface area contributed by atoms with Gasteiger partial charge in [0.1, 0.15) is 17.4 Å². The third kappa shape index (κ3) is 4.69. The van der Waals surface area contributed by atoms with E-state index in [2.05, 4.69) is 10.1 Å². The smallest absolute Gasteiger partial charge is 0.337 e. The lowest BCUT2D eigenvalue weighted by molar-refractivity contribution is -0.112. The minimum atomic E-state index is -0.538. The zero-order valence-electron chi connectivity index (χ0n) is 13.8. The van der Waals surface area contributed by atoms with E-state index < -0.39 is 11.9 Å². The monoisotopic (exact) mass is 336 g/mol. The molecule has 0 radical (unpaired) electrons. The van der Waals surface area contributed by atoms with Crippen molar-refractivity contribution in [2.75, 3.05) is 19.5 Å². The number of anilines is 1. The molecule has 0 unspecified atom stereocenters. The van der Waals surface area contributed by atoms with Gasteiger partial charge in [0.05, 0.1) is 19.8 Å². The molecule has 0 aliphatic carbocycles. The van der Waals surface area contributed by atoms with Crippen LogP contribution < -0.4 is 10.1 Å². The summed E-state index contributed by atoms with van der Waals surface area (Å²) in [5.41, 5.74) is 1.50. The molecule has 0 aromatic heterocycles. The molecule has 25 heavy (non-hydrogen) atoms. The van der Waals surface area contributed by atoms with Gasteiger partial charge in [-0.25, -0.2) is 4.79 Å². The second-order valence-corrected chi connectivity index (χ2v) is 4.97. The zero-order chi connectivity index (χ0) is 18.2. The lowest BCUT2D eigenvalue weighted by Gasteiger charge is -2.06. The molecule has 0 aliphatic heterocycles. The normalized spacial score (nSPS) is 10.5. The van der Waals surface area contributed by atoms with E-state index in [4.69, 9.17) is 4.74 Å². The Bertz CT molecular complexity index is 831. The number of carbonyl (C=O) groups excluding carboxylic acids is 2. The van der Waals surface area contributed by atoms with Crippen LogP contribution in [0.1, 0.15) is 15.9 Å². The van der Waals surface area contributed by atoms with E-state index in [1.165, 1.54) is 25.3 Å². The van der Waals surface area contributed by atoms with Gasteiger partial charge in [0.15, 0.2) is 0 Å². The number of esters is 1. The average Bonchev–Trinajstić information content (AvgIpc) is 2.66. The van der Waals surface area contributed by atoms with Gasteiger partial charge < -0.3 is 14.8 Å². The minimum Gasteiger partial charge on any atom is -0.497 e. The first-order chi connectivity index (χ1) is 12.1. The Labute approximate surface area is 145 Å². The summed E-state index contributed by atoms with van der Waals surface area (Å²) >= 11 is 0. The van der Waals surface area contributed by atoms with Gasteiger partial charge in [-0.2, -0.15) is 5.26 Å². The van der Waals surface area contributed by atoms with Crippen LogP contribution in [0, 0.1) is 11.3 Å². The van der Waals surface area contributed by atoms with Crippen molar-refractivity contribution in [1.29, 1.82) is 5.26 Å². The van der Waals surface area contributed by atoms with Gasteiger partial charge in [-0.15, -0.1) is 0 Å². The van der Waals surface area contributed by atoms with E-state index in [1.54, 1.807) is 43.5 Å². The van der Waals surface area contributed by atoms with E-state index in [1.807, 2.05) is 6.07 Å². The molecular formula is C19H16N2O4. The molecule has 0 bridgehead atoms. The maximum Gasteiger partial charge on any atom is 0.337 e. The maximum atomic E-state index is 12.2. The summed E-state index contributed by atoms with van der Waals surface area (Å²) in [6, 6.07) is 15.0. The first-order valence-electron chi connectivity index (χ1n) is 7.33. The molecule has 1 amide bonds. The molecule has 0 atom stereocenters. The number of hydrogen-bond acceptors (Lipinski definition) is 5. The predicted octanol–water partition coefficient (Wildman–Crippen LogP) is 3.03. The van der Waals surface area contributed by atoms with Gasteiger partial charge in [0, 0.05) is 5.69 Å². The Hall–Kier alpha value is -3.59. The van der Waals surface area contributed by atoms with Gasteiger partial charge in [0.25, 0.3) is 5.91 Å². The van der Waals surface area contributed by atoms with E-state index in [-0.39, 0.29) is 5.57 Å². The number of ether oxygens (including phenoxy) is 2. The quantitative estimate of drug-likeness (QED) is 0.515. The molecule has 1 N–H and O–H groups in total. The molecule has 0 spiro atoms. The number of rotatable bonds is 5. The number of nitrogens with one attached hydrogen (secondary N) is 1. The number of nitriles is 1. The summed E-state index contributed by atoms with van der Waals surface area (Å²) in [6.45, 7) is 0. The van der Waals surface area contributed by atoms with Crippen LogP contribution in [0.25, 0.3) is 6.08 Å². The number of methoxy groups -OCH3 is 2. The van der Waals surface area contributed by atoms with Gasteiger partial charge >= 0.3 is 5.97 Å². The van der Waals surface area contributed by atoms with Crippen LogP contribution in [0.2, 0.25) is 0 Å². The van der Waals surface area contributed by atoms with Gasteiger partial charge in [-0.1, -0.05) is 12.1 Å².